The Morgan fingerprint density at radius 3 is 2.85 bits per heavy atom. The fraction of sp³-hybridized carbons (Fsp3) is 0.150. The lowest BCUT2D eigenvalue weighted by atomic mass is 10.1. The largest absolute Gasteiger partial charge is 0.497 e. The van der Waals surface area contributed by atoms with Gasteiger partial charge in [0, 0.05) is 22.8 Å². The molecule has 138 valence electrons. The average Bonchev–Trinajstić information content (AvgIpc) is 2.69. The molecule has 0 fully saturated rings. The van der Waals surface area contributed by atoms with Crippen LogP contribution in [0.25, 0.3) is 10.9 Å². The predicted octanol–water partition coefficient (Wildman–Crippen LogP) is 4.28. The molecule has 0 unspecified atom stereocenters. The van der Waals surface area contributed by atoms with Crippen LogP contribution < -0.4 is 10.2 Å². The van der Waals surface area contributed by atoms with E-state index in [2.05, 4.69) is 15.5 Å². The summed E-state index contributed by atoms with van der Waals surface area (Å²) in [4.78, 5) is 16.2. The number of amides is 1. The molecule has 3 rings (SSSR count). The van der Waals surface area contributed by atoms with Crippen molar-refractivity contribution in [1.29, 1.82) is 0 Å². The summed E-state index contributed by atoms with van der Waals surface area (Å²) in [6.07, 6.45) is 1.50. The predicted molar refractivity (Wildman–Crippen MR) is 112 cm³/mol. The molecular weight excluding hydrogens is 382 g/mol. The normalized spacial score (nSPS) is 11.0. The second-order valence-electron chi connectivity index (χ2n) is 5.70. The van der Waals surface area contributed by atoms with Crippen molar-refractivity contribution in [2.75, 3.05) is 12.9 Å². The molecule has 5 nitrogen and oxygen atoms in total. The Kier molecular flexibility index (Phi) is 6.68. The van der Waals surface area contributed by atoms with Gasteiger partial charge in [0.2, 0.25) is 5.91 Å². The molecule has 0 aliphatic rings. The minimum absolute atomic E-state index is 0.165. The first kappa shape index (κ1) is 19.2. The SMILES string of the molecule is COc1ccc2cc(/C=N\NC(=O)CSCc3ccccc3)c(Cl)nc2c1. The zero-order valence-electron chi connectivity index (χ0n) is 14.7. The van der Waals surface area contributed by atoms with Crippen LogP contribution in [0.1, 0.15) is 11.1 Å². The number of thioether (sulfide) groups is 1. The van der Waals surface area contributed by atoms with E-state index in [1.54, 1.807) is 7.11 Å². The lowest BCUT2D eigenvalue weighted by molar-refractivity contribution is -0.118. The second kappa shape index (κ2) is 9.39. The topological polar surface area (TPSA) is 63.6 Å². The summed E-state index contributed by atoms with van der Waals surface area (Å²) in [5, 5.41) is 5.20. The number of rotatable bonds is 7. The van der Waals surface area contributed by atoms with E-state index >= 15 is 0 Å². The summed E-state index contributed by atoms with van der Waals surface area (Å²) in [7, 11) is 1.60. The van der Waals surface area contributed by atoms with E-state index in [9.17, 15) is 4.79 Å². The zero-order chi connectivity index (χ0) is 19.1. The van der Waals surface area contributed by atoms with Crippen LogP contribution in [0.2, 0.25) is 5.15 Å². The zero-order valence-corrected chi connectivity index (χ0v) is 16.3. The lowest BCUT2D eigenvalue weighted by Gasteiger charge is -2.05. The maximum absolute atomic E-state index is 11.9. The van der Waals surface area contributed by atoms with Gasteiger partial charge in [0.05, 0.1) is 24.6 Å². The number of aromatic nitrogens is 1. The number of nitrogens with zero attached hydrogens (tertiary/aromatic N) is 2. The number of carbonyl (C=O) groups excluding carboxylic acids is 1. The van der Waals surface area contributed by atoms with Gasteiger partial charge in [0.1, 0.15) is 10.9 Å². The number of methoxy groups -OCH3 is 1. The van der Waals surface area contributed by atoms with Gasteiger partial charge in [-0.1, -0.05) is 41.9 Å². The van der Waals surface area contributed by atoms with Crippen molar-refractivity contribution in [3.63, 3.8) is 0 Å². The molecule has 7 heteroatoms. The first-order valence-electron chi connectivity index (χ1n) is 8.23. The lowest BCUT2D eigenvalue weighted by Crippen LogP contribution is -2.19. The van der Waals surface area contributed by atoms with E-state index in [1.165, 1.54) is 23.5 Å². The van der Waals surface area contributed by atoms with Crippen LogP contribution in [-0.2, 0) is 10.5 Å². The molecule has 3 aromatic rings. The molecule has 1 N–H and O–H groups in total. The summed E-state index contributed by atoms with van der Waals surface area (Å²) in [6.45, 7) is 0. The Hall–Kier alpha value is -2.57. The molecule has 0 bridgehead atoms. The molecule has 0 saturated heterocycles. The van der Waals surface area contributed by atoms with E-state index in [1.807, 2.05) is 54.6 Å². The Morgan fingerprint density at radius 1 is 1.26 bits per heavy atom. The summed E-state index contributed by atoms with van der Waals surface area (Å²) in [6, 6.07) is 17.4. The standard InChI is InChI=1S/C20H18ClN3O2S/c1-26-17-8-7-15-9-16(20(21)23-18(15)10-17)11-22-24-19(25)13-27-12-14-5-3-2-4-6-14/h2-11H,12-13H2,1H3,(H,24,25)/b22-11-. The van der Waals surface area contributed by atoms with Crippen LogP contribution in [-0.4, -0.2) is 30.0 Å². The Morgan fingerprint density at radius 2 is 2.07 bits per heavy atom. The highest BCUT2D eigenvalue weighted by Gasteiger charge is 2.05. The molecular formula is C20H18ClN3O2S. The van der Waals surface area contributed by atoms with Gasteiger partial charge in [0.25, 0.3) is 0 Å². The maximum atomic E-state index is 11.9. The van der Waals surface area contributed by atoms with Gasteiger partial charge < -0.3 is 4.74 Å². The summed E-state index contributed by atoms with van der Waals surface area (Å²) in [5.41, 5.74) is 5.06. The van der Waals surface area contributed by atoms with E-state index in [4.69, 9.17) is 16.3 Å². The Labute approximate surface area is 166 Å². The fourth-order valence-corrected chi connectivity index (χ4v) is 3.37. The molecule has 1 aromatic heterocycles. The molecule has 1 heterocycles. The molecule has 0 atom stereocenters. The van der Waals surface area contributed by atoms with Gasteiger partial charge in [-0.15, -0.1) is 11.8 Å². The van der Waals surface area contributed by atoms with Crippen molar-refractivity contribution in [2.24, 2.45) is 5.10 Å². The van der Waals surface area contributed by atoms with Crippen molar-refractivity contribution in [3.8, 4) is 5.75 Å². The monoisotopic (exact) mass is 399 g/mol. The molecule has 0 spiro atoms. The smallest absolute Gasteiger partial charge is 0.250 e. The third-order valence-corrected chi connectivity index (χ3v) is 5.05. The van der Waals surface area contributed by atoms with Crippen molar-refractivity contribution in [1.82, 2.24) is 10.4 Å². The number of hydrogen-bond acceptors (Lipinski definition) is 5. The molecule has 0 saturated carbocycles. The summed E-state index contributed by atoms with van der Waals surface area (Å²) in [5.74, 6) is 1.66. The molecule has 0 aliphatic heterocycles. The van der Waals surface area contributed by atoms with Crippen molar-refractivity contribution >= 4 is 46.4 Å². The molecule has 1 amide bonds. The van der Waals surface area contributed by atoms with Gasteiger partial charge in [0.15, 0.2) is 0 Å². The van der Waals surface area contributed by atoms with Crippen LogP contribution in [0.5, 0.6) is 5.75 Å². The first-order valence-corrected chi connectivity index (χ1v) is 9.77. The van der Waals surface area contributed by atoms with Crippen LogP contribution in [0.4, 0.5) is 0 Å². The number of fused-ring (bicyclic) bond motifs is 1. The van der Waals surface area contributed by atoms with Crippen molar-refractivity contribution < 1.29 is 9.53 Å². The highest BCUT2D eigenvalue weighted by Crippen LogP contribution is 2.23. The molecule has 27 heavy (non-hydrogen) atoms. The van der Waals surface area contributed by atoms with E-state index in [0.29, 0.717) is 22.2 Å². The number of pyridine rings is 1. The quantitative estimate of drug-likeness (QED) is 0.366. The molecule has 0 aliphatic carbocycles. The van der Waals surface area contributed by atoms with Gasteiger partial charge in [-0.3, -0.25) is 4.79 Å². The van der Waals surface area contributed by atoms with Crippen molar-refractivity contribution in [2.45, 2.75) is 5.75 Å². The van der Waals surface area contributed by atoms with Crippen LogP contribution in [0, 0.1) is 0 Å². The number of hydrogen-bond donors (Lipinski definition) is 1. The minimum atomic E-state index is -0.165. The third kappa shape index (κ3) is 5.45. The molecule has 0 radical (unpaired) electrons. The number of benzene rings is 2. The number of carbonyl (C=O) groups is 1. The molecule has 2 aromatic carbocycles. The fourth-order valence-electron chi connectivity index (χ4n) is 2.40. The number of halogens is 1. The first-order chi connectivity index (χ1) is 13.2. The van der Waals surface area contributed by atoms with Crippen LogP contribution in [0.15, 0.2) is 59.7 Å². The third-order valence-electron chi connectivity index (χ3n) is 3.74. The number of ether oxygens (including phenoxy) is 1. The highest BCUT2D eigenvalue weighted by atomic mass is 35.5. The summed E-state index contributed by atoms with van der Waals surface area (Å²) >= 11 is 7.74. The van der Waals surface area contributed by atoms with Gasteiger partial charge in [-0.05, 0) is 23.8 Å². The maximum Gasteiger partial charge on any atom is 0.250 e. The van der Waals surface area contributed by atoms with E-state index in [-0.39, 0.29) is 5.91 Å². The van der Waals surface area contributed by atoms with Gasteiger partial charge in [-0.25, -0.2) is 10.4 Å². The minimum Gasteiger partial charge on any atom is -0.497 e. The second-order valence-corrected chi connectivity index (χ2v) is 7.04. The van der Waals surface area contributed by atoms with E-state index < -0.39 is 0 Å². The van der Waals surface area contributed by atoms with Crippen LogP contribution >= 0.6 is 23.4 Å². The summed E-state index contributed by atoms with van der Waals surface area (Å²) < 4.78 is 5.19. The van der Waals surface area contributed by atoms with Gasteiger partial charge in [-0.2, -0.15) is 5.10 Å². The Bertz CT molecular complexity index is 964. The highest BCUT2D eigenvalue weighted by molar-refractivity contribution is 7.99. The van der Waals surface area contributed by atoms with Gasteiger partial charge >= 0.3 is 0 Å². The number of hydrazone groups is 1. The van der Waals surface area contributed by atoms with Crippen LogP contribution in [0.3, 0.4) is 0 Å². The van der Waals surface area contributed by atoms with Crippen molar-refractivity contribution in [3.05, 3.63) is 70.9 Å². The Balaban J connectivity index is 1.55. The average molecular weight is 400 g/mol. The number of nitrogens with one attached hydrogen (secondary N) is 1. The van der Waals surface area contributed by atoms with E-state index in [0.717, 1.165) is 16.7 Å².